The number of carbonyl (C=O) groups is 1. The molecule has 0 fully saturated rings. The van der Waals surface area contributed by atoms with Crippen molar-refractivity contribution in [1.29, 1.82) is 0 Å². The van der Waals surface area contributed by atoms with E-state index in [9.17, 15) is 9.59 Å². The van der Waals surface area contributed by atoms with Crippen LogP contribution >= 0.6 is 0 Å². The quantitative estimate of drug-likeness (QED) is 0.744. The Morgan fingerprint density at radius 3 is 2.41 bits per heavy atom. The van der Waals surface area contributed by atoms with E-state index in [1.54, 1.807) is 31.4 Å². The fourth-order valence-electron chi connectivity index (χ4n) is 2.25. The van der Waals surface area contributed by atoms with Crippen molar-refractivity contribution in [2.45, 2.75) is 0 Å². The molecule has 1 aromatic heterocycles. The van der Waals surface area contributed by atoms with Crippen LogP contribution in [0.2, 0.25) is 0 Å². The molecule has 3 rings (SSSR count). The standard InChI is InChI=1S/C17H13NO4/c1-21-15-10-9-14(12-6-2-3-7-13(12)15)17(20)22-18-11-5-4-8-16(18)19/h2-11H,1H3. The van der Waals surface area contributed by atoms with E-state index in [2.05, 4.69) is 0 Å². The largest absolute Gasteiger partial charge is 0.496 e. The number of benzene rings is 2. The number of pyridine rings is 1. The average molecular weight is 295 g/mol. The lowest BCUT2D eigenvalue weighted by Gasteiger charge is -2.10. The number of hydrogen-bond donors (Lipinski definition) is 0. The van der Waals surface area contributed by atoms with Crippen LogP contribution in [0.4, 0.5) is 0 Å². The fraction of sp³-hybridized carbons (Fsp3) is 0.0588. The normalized spacial score (nSPS) is 10.4. The SMILES string of the molecule is COc1ccc(C(=O)On2ccccc2=O)c2ccccc12. The zero-order valence-electron chi connectivity index (χ0n) is 11.9. The molecule has 5 nitrogen and oxygen atoms in total. The van der Waals surface area contributed by atoms with E-state index >= 15 is 0 Å². The summed E-state index contributed by atoms with van der Waals surface area (Å²) in [5, 5.41) is 1.51. The highest BCUT2D eigenvalue weighted by Crippen LogP contribution is 2.28. The van der Waals surface area contributed by atoms with Gasteiger partial charge in [0.25, 0.3) is 5.56 Å². The first-order chi connectivity index (χ1) is 10.7. The third kappa shape index (κ3) is 2.44. The summed E-state index contributed by atoms with van der Waals surface area (Å²) in [5.74, 6) is 0.0659. The molecule has 0 amide bonds. The smallest absolute Gasteiger partial charge is 0.364 e. The van der Waals surface area contributed by atoms with Crippen LogP contribution in [0, 0.1) is 0 Å². The van der Waals surface area contributed by atoms with Crippen molar-refractivity contribution < 1.29 is 14.4 Å². The molecule has 110 valence electrons. The van der Waals surface area contributed by atoms with Crippen molar-refractivity contribution in [3.8, 4) is 5.75 Å². The first-order valence-corrected chi connectivity index (χ1v) is 6.67. The Morgan fingerprint density at radius 1 is 0.955 bits per heavy atom. The van der Waals surface area contributed by atoms with Crippen molar-refractivity contribution >= 4 is 16.7 Å². The van der Waals surface area contributed by atoms with Crippen LogP contribution in [-0.2, 0) is 0 Å². The third-order valence-electron chi connectivity index (χ3n) is 3.29. The molecule has 0 atom stereocenters. The van der Waals surface area contributed by atoms with Crippen LogP contribution in [0.3, 0.4) is 0 Å². The fourth-order valence-corrected chi connectivity index (χ4v) is 2.25. The molecule has 0 unspecified atom stereocenters. The van der Waals surface area contributed by atoms with Gasteiger partial charge in [0.05, 0.1) is 12.7 Å². The lowest BCUT2D eigenvalue weighted by molar-refractivity contribution is 0.0445. The Bertz CT molecular complexity index is 898. The van der Waals surface area contributed by atoms with Gasteiger partial charge in [-0.15, -0.1) is 4.73 Å². The van der Waals surface area contributed by atoms with Crippen molar-refractivity contribution in [3.05, 3.63) is 76.7 Å². The molecule has 0 saturated heterocycles. The molecular weight excluding hydrogens is 282 g/mol. The second-order valence-corrected chi connectivity index (χ2v) is 4.60. The predicted octanol–water partition coefficient (Wildman–Crippen LogP) is 2.28. The lowest BCUT2D eigenvalue weighted by Crippen LogP contribution is -2.29. The average Bonchev–Trinajstić information content (AvgIpc) is 2.56. The first-order valence-electron chi connectivity index (χ1n) is 6.67. The maximum Gasteiger partial charge on any atom is 0.364 e. The summed E-state index contributed by atoms with van der Waals surface area (Å²) in [5.41, 5.74) is -0.0409. The Morgan fingerprint density at radius 2 is 1.68 bits per heavy atom. The molecule has 0 aliphatic carbocycles. The van der Waals surface area contributed by atoms with Crippen molar-refractivity contribution in [1.82, 2.24) is 4.73 Å². The second kappa shape index (κ2) is 5.73. The van der Waals surface area contributed by atoms with Gasteiger partial charge < -0.3 is 9.57 Å². The molecule has 0 aliphatic rings. The molecule has 0 bridgehead atoms. The summed E-state index contributed by atoms with van der Waals surface area (Å²) in [6.07, 6.45) is 1.39. The molecule has 2 aromatic carbocycles. The summed E-state index contributed by atoms with van der Waals surface area (Å²) in [6, 6.07) is 15.2. The first kappa shape index (κ1) is 13.9. The van der Waals surface area contributed by atoms with Gasteiger partial charge in [-0.3, -0.25) is 4.79 Å². The van der Waals surface area contributed by atoms with Crippen molar-refractivity contribution in [2.24, 2.45) is 0 Å². The van der Waals surface area contributed by atoms with Gasteiger partial charge in [-0.1, -0.05) is 30.3 Å². The summed E-state index contributed by atoms with van der Waals surface area (Å²) in [4.78, 5) is 29.1. The number of hydrogen-bond acceptors (Lipinski definition) is 4. The monoisotopic (exact) mass is 295 g/mol. The molecule has 22 heavy (non-hydrogen) atoms. The van der Waals surface area contributed by atoms with E-state index in [0.29, 0.717) is 16.7 Å². The van der Waals surface area contributed by atoms with E-state index in [-0.39, 0.29) is 0 Å². The van der Waals surface area contributed by atoms with Crippen LogP contribution < -0.4 is 15.1 Å². The Kier molecular flexibility index (Phi) is 3.62. The van der Waals surface area contributed by atoms with Gasteiger partial charge in [-0.2, -0.15) is 0 Å². The molecule has 0 saturated carbocycles. The van der Waals surface area contributed by atoms with Gasteiger partial charge in [0.2, 0.25) is 0 Å². The Hall–Kier alpha value is -3.08. The van der Waals surface area contributed by atoms with E-state index in [1.165, 1.54) is 12.3 Å². The lowest BCUT2D eigenvalue weighted by atomic mass is 10.0. The van der Waals surface area contributed by atoms with Crippen LogP contribution in [0.5, 0.6) is 5.75 Å². The van der Waals surface area contributed by atoms with Crippen LogP contribution in [0.15, 0.2) is 65.6 Å². The minimum absolute atomic E-state index is 0.368. The molecule has 0 spiro atoms. The van der Waals surface area contributed by atoms with Crippen LogP contribution in [-0.4, -0.2) is 17.8 Å². The Balaban J connectivity index is 2.05. The summed E-state index contributed by atoms with van der Waals surface area (Å²) in [7, 11) is 1.57. The Labute approximate surface area is 126 Å². The van der Waals surface area contributed by atoms with Gasteiger partial charge in [0, 0.05) is 17.6 Å². The number of aromatic nitrogens is 1. The van der Waals surface area contributed by atoms with Crippen LogP contribution in [0.1, 0.15) is 10.4 Å². The van der Waals surface area contributed by atoms with E-state index in [1.807, 2.05) is 24.3 Å². The minimum Gasteiger partial charge on any atom is -0.496 e. The molecule has 0 aliphatic heterocycles. The second-order valence-electron chi connectivity index (χ2n) is 4.60. The van der Waals surface area contributed by atoms with Gasteiger partial charge in [-0.05, 0) is 23.6 Å². The molecule has 3 aromatic rings. The summed E-state index contributed by atoms with van der Waals surface area (Å²) < 4.78 is 6.20. The van der Waals surface area contributed by atoms with Crippen molar-refractivity contribution in [3.63, 3.8) is 0 Å². The highest BCUT2D eigenvalue weighted by Gasteiger charge is 2.15. The molecule has 0 N–H and O–H groups in total. The minimum atomic E-state index is -0.604. The molecule has 1 heterocycles. The zero-order valence-corrected chi connectivity index (χ0v) is 11.9. The zero-order chi connectivity index (χ0) is 15.5. The van der Waals surface area contributed by atoms with E-state index in [4.69, 9.17) is 9.57 Å². The van der Waals surface area contributed by atoms with E-state index in [0.717, 1.165) is 10.1 Å². The highest BCUT2D eigenvalue weighted by molar-refractivity contribution is 6.06. The molecule has 5 heteroatoms. The third-order valence-corrected chi connectivity index (χ3v) is 3.29. The number of nitrogens with zero attached hydrogens (tertiary/aromatic N) is 1. The predicted molar refractivity (Wildman–Crippen MR) is 82.1 cm³/mol. The number of carbonyl (C=O) groups excluding carboxylic acids is 1. The maximum absolute atomic E-state index is 12.4. The molecule has 0 radical (unpaired) electrons. The number of ether oxygens (including phenoxy) is 1. The van der Waals surface area contributed by atoms with Gasteiger partial charge in [-0.25, -0.2) is 4.79 Å². The van der Waals surface area contributed by atoms with Gasteiger partial charge in [0.1, 0.15) is 5.75 Å². The topological polar surface area (TPSA) is 57.5 Å². The van der Waals surface area contributed by atoms with Gasteiger partial charge >= 0.3 is 5.97 Å². The summed E-state index contributed by atoms with van der Waals surface area (Å²) >= 11 is 0. The number of methoxy groups -OCH3 is 1. The van der Waals surface area contributed by atoms with Gasteiger partial charge in [0.15, 0.2) is 0 Å². The maximum atomic E-state index is 12.4. The van der Waals surface area contributed by atoms with Crippen molar-refractivity contribution in [2.75, 3.05) is 7.11 Å². The van der Waals surface area contributed by atoms with E-state index < -0.39 is 11.5 Å². The summed E-state index contributed by atoms with van der Waals surface area (Å²) in [6.45, 7) is 0. The molecular formula is C17H13NO4. The van der Waals surface area contributed by atoms with Crippen LogP contribution in [0.25, 0.3) is 10.8 Å². The number of rotatable bonds is 3. The number of fused-ring (bicyclic) bond motifs is 1. The highest BCUT2D eigenvalue weighted by atomic mass is 16.7.